The van der Waals surface area contributed by atoms with Crippen LogP contribution in [0.4, 0.5) is 15.8 Å². The van der Waals surface area contributed by atoms with Crippen LogP contribution in [0.25, 0.3) is 0 Å². The molecule has 0 saturated carbocycles. The Hall–Kier alpha value is -2.14. The summed E-state index contributed by atoms with van der Waals surface area (Å²) in [5, 5.41) is 10.8. The van der Waals surface area contributed by atoms with Crippen molar-refractivity contribution < 1.29 is 9.31 Å². The lowest BCUT2D eigenvalue weighted by atomic mass is 10.1. The Morgan fingerprint density at radius 2 is 1.95 bits per heavy atom. The summed E-state index contributed by atoms with van der Waals surface area (Å²) in [5.41, 5.74) is 1.94. The Kier molecular flexibility index (Phi) is 4.75. The largest absolute Gasteiger partial charge is 0.370 e. The van der Waals surface area contributed by atoms with Gasteiger partial charge in [-0.1, -0.05) is 18.2 Å². The van der Waals surface area contributed by atoms with Crippen LogP contribution in [-0.2, 0) is 12.4 Å². The van der Waals surface area contributed by atoms with Crippen LogP contribution in [0.2, 0.25) is 0 Å². The molecule has 0 aliphatic carbocycles. The molecule has 0 amide bonds. The maximum Gasteiger partial charge on any atom is 0.269 e. The second-order valence-electron chi connectivity index (χ2n) is 4.65. The minimum Gasteiger partial charge on any atom is -0.370 e. The SMILES string of the molecule is CN(Cc1ccccc1F)c1ccc([N+](=O)[O-])cc1CCl. The molecule has 4 nitrogen and oxygen atoms in total. The summed E-state index contributed by atoms with van der Waals surface area (Å²) >= 11 is 5.86. The fourth-order valence-corrected chi connectivity index (χ4v) is 2.35. The van der Waals surface area contributed by atoms with Crippen LogP contribution in [0.5, 0.6) is 0 Å². The number of nitro benzene ring substituents is 1. The molecule has 110 valence electrons. The molecule has 0 heterocycles. The highest BCUT2D eigenvalue weighted by Crippen LogP contribution is 2.27. The number of hydrogen-bond donors (Lipinski definition) is 0. The number of hydrogen-bond acceptors (Lipinski definition) is 3. The highest BCUT2D eigenvalue weighted by atomic mass is 35.5. The molecular formula is C15H14ClFN2O2. The molecule has 0 N–H and O–H groups in total. The van der Waals surface area contributed by atoms with Crippen molar-refractivity contribution in [2.45, 2.75) is 12.4 Å². The van der Waals surface area contributed by atoms with Gasteiger partial charge in [-0.2, -0.15) is 0 Å². The van der Waals surface area contributed by atoms with Crippen LogP contribution < -0.4 is 4.90 Å². The lowest BCUT2D eigenvalue weighted by Crippen LogP contribution is -2.18. The Morgan fingerprint density at radius 1 is 1.24 bits per heavy atom. The van der Waals surface area contributed by atoms with Gasteiger partial charge in [0.25, 0.3) is 5.69 Å². The zero-order valence-corrected chi connectivity index (χ0v) is 12.2. The Morgan fingerprint density at radius 3 is 2.57 bits per heavy atom. The highest BCUT2D eigenvalue weighted by Gasteiger charge is 2.14. The molecule has 0 unspecified atom stereocenters. The summed E-state index contributed by atoms with van der Waals surface area (Å²) in [6.07, 6.45) is 0. The van der Waals surface area contributed by atoms with Gasteiger partial charge in [0.05, 0.1) is 4.92 Å². The lowest BCUT2D eigenvalue weighted by molar-refractivity contribution is -0.384. The van der Waals surface area contributed by atoms with E-state index < -0.39 is 4.92 Å². The number of halogens is 2. The third-order valence-electron chi connectivity index (χ3n) is 3.19. The second-order valence-corrected chi connectivity index (χ2v) is 4.92. The number of alkyl halides is 1. The maximum absolute atomic E-state index is 13.7. The second kappa shape index (κ2) is 6.54. The van der Waals surface area contributed by atoms with Gasteiger partial charge in [-0.15, -0.1) is 11.6 Å². The summed E-state index contributed by atoms with van der Waals surface area (Å²) in [6, 6.07) is 11.0. The summed E-state index contributed by atoms with van der Waals surface area (Å²) in [4.78, 5) is 12.1. The van der Waals surface area contributed by atoms with Gasteiger partial charge in [0.1, 0.15) is 5.82 Å². The average molecular weight is 309 g/mol. The predicted octanol–water partition coefficient (Wildman–Crippen LogP) is 4.11. The van der Waals surface area contributed by atoms with E-state index in [-0.39, 0.29) is 17.4 Å². The number of nitrogens with zero attached hydrogens (tertiary/aromatic N) is 2. The molecular weight excluding hydrogens is 295 g/mol. The summed E-state index contributed by atoms with van der Waals surface area (Å²) in [6.45, 7) is 0.356. The Bertz CT molecular complexity index is 664. The van der Waals surface area contributed by atoms with Gasteiger partial charge in [-0.3, -0.25) is 10.1 Å². The van der Waals surface area contributed by atoms with Crippen molar-refractivity contribution in [1.29, 1.82) is 0 Å². The molecule has 2 aromatic rings. The number of anilines is 1. The van der Waals surface area contributed by atoms with E-state index in [0.717, 1.165) is 5.69 Å². The first-order valence-electron chi connectivity index (χ1n) is 6.30. The third kappa shape index (κ3) is 3.49. The molecule has 21 heavy (non-hydrogen) atoms. The van der Waals surface area contributed by atoms with Crippen LogP contribution >= 0.6 is 11.6 Å². The molecule has 2 rings (SSSR count). The monoisotopic (exact) mass is 308 g/mol. The molecule has 0 saturated heterocycles. The van der Waals surface area contributed by atoms with E-state index in [4.69, 9.17) is 11.6 Å². The van der Waals surface area contributed by atoms with Crippen molar-refractivity contribution in [3.63, 3.8) is 0 Å². The van der Waals surface area contributed by atoms with E-state index in [1.54, 1.807) is 31.3 Å². The van der Waals surface area contributed by atoms with E-state index in [1.807, 2.05) is 4.90 Å². The van der Waals surface area contributed by atoms with E-state index in [9.17, 15) is 14.5 Å². The first-order valence-corrected chi connectivity index (χ1v) is 6.84. The fourth-order valence-electron chi connectivity index (χ4n) is 2.13. The maximum atomic E-state index is 13.7. The minimum atomic E-state index is -0.462. The fraction of sp³-hybridized carbons (Fsp3) is 0.200. The van der Waals surface area contributed by atoms with E-state index in [0.29, 0.717) is 17.7 Å². The molecule has 0 fully saturated rings. The van der Waals surface area contributed by atoms with Gasteiger partial charge in [0, 0.05) is 42.9 Å². The Labute approximate surface area is 126 Å². The van der Waals surface area contributed by atoms with Gasteiger partial charge in [-0.25, -0.2) is 4.39 Å². The molecule has 6 heteroatoms. The lowest BCUT2D eigenvalue weighted by Gasteiger charge is -2.22. The number of rotatable bonds is 5. The topological polar surface area (TPSA) is 46.4 Å². The minimum absolute atomic E-state index is 0.00584. The molecule has 0 aliphatic heterocycles. The van der Waals surface area contributed by atoms with Crippen LogP contribution in [0, 0.1) is 15.9 Å². The normalized spacial score (nSPS) is 10.4. The van der Waals surface area contributed by atoms with Crippen molar-refractivity contribution in [2.75, 3.05) is 11.9 Å². The standard InChI is InChI=1S/C15H14ClFN2O2/c1-18(10-11-4-2-3-5-14(11)17)15-7-6-13(19(20)21)8-12(15)9-16/h2-8H,9-10H2,1H3. The van der Waals surface area contributed by atoms with Gasteiger partial charge < -0.3 is 4.90 Å². The average Bonchev–Trinajstić information content (AvgIpc) is 2.48. The van der Waals surface area contributed by atoms with E-state index in [2.05, 4.69) is 0 Å². The van der Waals surface area contributed by atoms with Gasteiger partial charge in [-0.05, 0) is 17.7 Å². The summed E-state index contributed by atoms with van der Waals surface area (Å²) in [7, 11) is 1.80. The van der Waals surface area contributed by atoms with Crippen LogP contribution in [-0.4, -0.2) is 12.0 Å². The first kappa shape index (κ1) is 15.3. The molecule has 0 bridgehead atoms. The third-order valence-corrected chi connectivity index (χ3v) is 3.48. The van der Waals surface area contributed by atoms with Gasteiger partial charge in [0.2, 0.25) is 0 Å². The summed E-state index contributed by atoms with van der Waals surface area (Å²) in [5.74, 6) is -0.128. The van der Waals surface area contributed by atoms with Gasteiger partial charge in [0.15, 0.2) is 0 Å². The molecule has 0 radical (unpaired) electrons. The molecule has 2 aromatic carbocycles. The van der Waals surface area contributed by atoms with Crippen LogP contribution in [0.15, 0.2) is 42.5 Å². The molecule has 0 atom stereocenters. The van der Waals surface area contributed by atoms with Crippen molar-refractivity contribution >= 4 is 23.0 Å². The highest BCUT2D eigenvalue weighted by molar-refractivity contribution is 6.17. The smallest absolute Gasteiger partial charge is 0.269 e. The quantitative estimate of drug-likeness (QED) is 0.474. The number of non-ortho nitro benzene ring substituents is 1. The van der Waals surface area contributed by atoms with Crippen LogP contribution in [0.1, 0.15) is 11.1 Å². The zero-order chi connectivity index (χ0) is 15.4. The molecule has 0 aliphatic rings. The van der Waals surface area contributed by atoms with E-state index in [1.165, 1.54) is 18.2 Å². The predicted molar refractivity (Wildman–Crippen MR) is 81.2 cm³/mol. The first-order chi connectivity index (χ1) is 10.0. The molecule has 0 spiro atoms. The number of benzene rings is 2. The van der Waals surface area contributed by atoms with Crippen molar-refractivity contribution in [3.05, 3.63) is 69.5 Å². The Balaban J connectivity index is 2.29. The zero-order valence-electron chi connectivity index (χ0n) is 11.4. The van der Waals surface area contributed by atoms with Crippen molar-refractivity contribution in [3.8, 4) is 0 Å². The van der Waals surface area contributed by atoms with E-state index >= 15 is 0 Å². The molecule has 0 aromatic heterocycles. The van der Waals surface area contributed by atoms with Gasteiger partial charge >= 0.3 is 0 Å². The van der Waals surface area contributed by atoms with Crippen molar-refractivity contribution in [2.24, 2.45) is 0 Å². The van der Waals surface area contributed by atoms with Crippen LogP contribution in [0.3, 0.4) is 0 Å². The number of nitro groups is 1. The summed E-state index contributed by atoms with van der Waals surface area (Å²) < 4.78 is 13.7. The van der Waals surface area contributed by atoms with Crippen molar-refractivity contribution in [1.82, 2.24) is 0 Å².